The minimum atomic E-state index is -0.604. The number of benzene rings is 1. The molecule has 0 aliphatic rings. The molecule has 2 rings (SSSR count). The van der Waals surface area contributed by atoms with Crippen LogP contribution in [0.2, 0.25) is 0 Å². The number of hydrogen-bond acceptors (Lipinski definition) is 5. The summed E-state index contributed by atoms with van der Waals surface area (Å²) in [6.07, 6.45) is -0.604. The lowest BCUT2D eigenvalue weighted by atomic mass is 10.1. The average molecular weight is 274 g/mol. The van der Waals surface area contributed by atoms with Crippen LogP contribution in [0, 0.1) is 25.2 Å². The molecule has 1 heterocycles. The Morgan fingerprint density at radius 1 is 1.42 bits per heavy atom. The summed E-state index contributed by atoms with van der Waals surface area (Å²) in [6.45, 7) is 5.43. The molecule has 19 heavy (non-hydrogen) atoms. The predicted molar refractivity (Wildman–Crippen MR) is 71.9 cm³/mol. The molecular weight excluding hydrogens is 260 g/mol. The molecule has 0 saturated heterocycles. The third-order valence-electron chi connectivity index (χ3n) is 2.80. The SMILES string of the molecule is Cc1nc(Sc2cc(C#N)ccc2[C@H](C)O)oc1C. The number of aryl methyl sites for hydroxylation is 2. The highest BCUT2D eigenvalue weighted by Crippen LogP contribution is 2.34. The van der Waals surface area contributed by atoms with E-state index in [1.54, 1.807) is 25.1 Å². The molecule has 0 unspecified atom stereocenters. The summed E-state index contributed by atoms with van der Waals surface area (Å²) in [4.78, 5) is 5.08. The van der Waals surface area contributed by atoms with E-state index in [9.17, 15) is 5.11 Å². The van der Waals surface area contributed by atoms with Crippen LogP contribution in [0.25, 0.3) is 0 Å². The molecule has 0 spiro atoms. The van der Waals surface area contributed by atoms with Crippen molar-refractivity contribution in [3.05, 3.63) is 40.8 Å². The molecule has 0 fully saturated rings. The summed E-state index contributed by atoms with van der Waals surface area (Å²) in [5.74, 6) is 0.775. The van der Waals surface area contributed by atoms with Gasteiger partial charge in [-0.1, -0.05) is 6.07 Å². The molecule has 98 valence electrons. The Bertz CT molecular complexity index is 622. The zero-order valence-corrected chi connectivity index (χ0v) is 11.8. The van der Waals surface area contributed by atoms with Gasteiger partial charge in [0.1, 0.15) is 5.76 Å². The summed E-state index contributed by atoms with van der Waals surface area (Å²) < 4.78 is 5.51. The van der Waals surface area contributed by atoms with Gasteiger partial charge in [-0.3, -0.25) is 0 Å². The van der Waals surface area contributed by atoms with Crippen molar-refractivity contribution < 1.29 is 9.52 Å². The first kappa shape index (κ1) is 13.7. The van der Waals surface area contributed by atoms with Gasteiger partial charge in [-0.25, -0.2) is 4.98 Å². The number of nitriles is 1. The van der Waals surface area contributed by atoms with E-state index in [0.717, 1.165) is 21.9 Å². The molecule has 0 amide bonds. The highest BCUT2D eigenvalue weighted by Gasteiger charge is 2.14. The summed E-state index contributed by atoms with van der Waals surface area (Å²) in [5.41, 5.74) is 2.15. The molecule has 5 heteroatoms. The summed E-state index contributed by atoms with van der Waals surface area (Å²) in [6, 6.07) is 7.28. The largest absolute Gasteiger partial charge is 0.436 e. The lowest BCUT2D eigenvalue weighted by Gasteiger charge is -2.10. The molecule has 1 aromatic heterocycles. The van der Waals surface area contributed by atoms with E-state index in [1.807, 2.05) is 13.8 Å². The van der Waals surface area contributed by atoms with Gasteiger partial charge in [0.05, 0.1) is 23.4 Å². The van der Waals surface area contributed by atoms with Crippen LogP contribution in [0.3, 0.4) is 0 Å². The first-order chi connectivity index (χ1) is 9.01. The quantitative estimate of drug-likeness (QED) is 0.929. The Morgan fingerprint density at radius 2 is 2.16 bits per heavy atom. The number of rotatable bonds is 3. The smallest absolute Gasteiger partial charge is 0.261 e. The van der Waals surface area contributed by atoms with Gasteiger partial charge in [0.15, 0.2) is 0 Å². The van der Waals surface area contributed by atoms with Gasteiger partial charge >= 0.3 is 0 Å². The first-order valence-corrected chi connectivity index (χ1v) is 6.67. The van der Waals surface area contributed by atoms with Crippen molar-refractivity contribution in [2.45, 2.75) is 37.0 Å². The number of aliphatic hydroxyl groups excluding tert-OH is 1. The van der Waals surface area contributed by atoms with Gasteiger partial charge in [-0.15, -0.1) is 0 Å². The second-order valence-corrected chi connectivity index (χ2v) is 5.26. The Morgan fingerprint density at radius 3 is 2.68 bits per heavy atom. The van der Waals surface area contributed by atoms with Gasteiger partial charge in [-0.05, 0) is 50.2 Å². The second kappa shape index (κ2) is 5.47. The Balaban J connectivity index is 2.40. The number of nitrogens with zero attached hydrogens (tertiary/aromatic N) is 2. The molecule has 4 nitrogen and oxygen atoms in total. The monoisotopic (exact) mass is 274 g/mol. The van der Waals surface area contributed by atoms with Crippen LogP contribution in [0.15, 0.2) is 32.7 Å². The molecule has 1 atom stereocenters. The van der Waals surface area contributed by atoms with Crippen LogP contribution in [-0.4, -0.2) is 10.1 Å². The van der Waals surface area contributed by atoms with Gasteiger partial charge < -0.3 is 9.52 Å². The topological polar surface area (TPSA) is 70.0 Å². The number of aliphatic hydroxyl groups is 1. The van der Waals surface area contributed by atoms with E-state index in [2.05, 4.69) is 11.1 Å². The zero-order valence-electron chi connectivity index (χ0n) is 11.0. The summed E-state index contributed by atoms with van der Waals surface area (Å²) >= 11 is 1.32. The van der Waals surface area contributed by atoms with Crippen molar-refractivity contribution in [1.82, 2.24) is 4.98 Å². The maximum Gasteiger partial charge on any atom is 0.261 e. The lowest BCUT2D eigenvalue weighted by molar-refractivity contribution is 0.196. The van der Waals surface area contributed by atoms with E-state index in [-0.39, 0.29) is 0 Å². The number of oxazole rings is 1. The summed E-state index contributed by atoms with van der Waals surface area (Å²) in [5, 5.41) is 19.2. The first-order valence-electron chi connectivity index (χ1n) is 5.85. The molecule has 1 aromatic carbocycles. The van der Waals surface area contributed by atoms with Crippen molar-refractivity contribution in [2.75, 3.05) is 0 Å². The van der Waals surface area contributed by atoms with Crippen LogP contribution in [0.4, 0.5) is 0 Å². The third-order valence-corrected chi connectivity index (χ3v) is 3.72. The van der Waals surface area contributed by atoms with Crippen molar-refractivity contribution in [2.24, 2.45) is 0 Å². The van der Waals surface area contributed by atoms with Crippen LogP contribution in [0.5, 0.6) is 0 Å². The maximum atomic E-state index is 9.76. The number of aromatic nitrogens is 1. The summed E-state index contributed by atoms with van der Waals surface area (Å²) in [7, 11) is 0. The van der Waals surface area contributed by atoms with Crippen LogP contribution in [-0.2, 0) is 0 Å². The Labute approximate surface area is 116 Å². The van der Waals surface area contributed by atoms with Crippen molar-refractivity contribution >= 4 is 11.8 Å². The van der Waals surface area contributed by atoms with Crippen molar-refractivity contribution in [3.8, 4) is 6.07 Å². The second-order valence-electron chi connectivity index (χ2n) is 4.26. The Hall–Kier alpha value is -1.77. The van der Waals surface area contributed by atoms with Gasteiger partial charge in [-0.2, -0.15) is 5.26 Å². The van der Waals surface area contributed by atoms with Crippen molar-refractivity contribution in [3.63, 3.8) is 0 Å². The highest BCUT2D eigenvalue weighted by molar-refractivity contribution is 7.99. The molecule has 0 aliphatic carbocycles. The molecule has 0 bridgehead atoms. The average Bonchev–Trinajstić information content (AvgIpc) is 2.67. The fraction of sp³-hybridized carbons (Fsp3) is 0.286. The Kier molecular flexibility index (Phi) is 3.93. The van der Waals surface area contributed by atoms with Crippen molar-refractivity contribution in [1.29, 1.82) is 5.26 Å². The van der Waals surface area contributed by atoms with Gasteiger partial charge in [0, 0.05) is 4.90 Å². The third kappa shape index (κ3) is 2.98. The molecule has 2 aromatic rings. The zero-order chi connectivity index (χ0) is 14.0. The van der Waals surface area contributed by atoms with Crippen LogP contribution < -0.4 is 0 Å². The van der Waals surface area contributed by atoms with Crippen LogP contribution >= 0.6 is 11.8 Å². The molecule has 0 aliphatic heterocycles. The van der Waals surface area contributed by atoms with E-state index in [0.29, 0.717) is 10.8 Å². The van der Waals surface area contributed by atoms with Gasteiger partial charge in [0.2, 0.25) is 0 Å². The van der Waals surface area contributed by atoms with E-state index in [1.165, 1.54) is 11.8 Å². The molecule has 0 saturated carbocycles. The highest BCUT2D eigenvalue weighted by atomic mass is 32.2. The van der Waals surface area contributed by atoms with E-state index in [4.69, 9.17) is 9.68 Å². The fourth-order valence-electron chi connectivity index (χ4n) is 1.62. The minimum Gasteiger partial charge on any atom is -0.436 e. The van der Waals surface area contributed by atoms with Crippen LogP contribution in [0.1, 0.15) is 35.6 Å². The van der Waals surface area contributed by atoms with E-state index < -0.39 is 6.10 Å². The molecular formula is C14H14N2O2S. The lowest BCUT2D eigenvalue weighted by Crippen LogP contribution is -1.94. The van der Waals surface area contributed by atoms with E-state index >= 15 is 0 Å². The van der Waals surface area contributed by atoms with Gasteiger partial charge in [0.25, 0.3) is 5.22 Å². The standard InChI is InChI=1S/C14H14N2O2S/c1-8-10(3)18-14(16-8)19-13-6-11(7-15)4-5-12(13)9(2)17/h4-6,9,17H,1-3H3/t9-/m0/s1. The fourth-order valence-corrected chi connectivity index (χ4v) is 2.70. The number of hydrogen-bond donors (Lipinski definition) is 1. The normalized spacial score (nSPS) is 12.2. The molecule has 0 radical (unpaired) electrons. The minimum absolute atomic E-state index is 0.520. The molecule has 1 N–H and O–H groups in total. The predicted octanol–water partition coefficient (Wildman–Crippen LogP) is 3.37. The maximum absolute atomic E-state index is 9.76.